The summed E-state index contributed by atoms with van der Waals surface area (Å²) in [5.41, 5.74) is -0.500. The molecule has 29 heavy (non-hydrogen) atoms. The zero-order valence-corrected chi connectivity index (χ0v) is 16.8. The number of carbonyl (C=O) groups is 2. The fourth-order valence-electron chi connectivity index (χ4n) is 2.92. The van der Waals surface area contributed by atoms with Gasteiger partial charge < -0.3 is 18.9 Å². The van der Waals surface area contributed by atoms with Crippen LogP contribution in [0.5, 0.6) is 11.5 Å². The Balaban J connectivity index is 2.96. The number of nitrogens with zero attached hydrogens (tertiary/aromatic N) is 2. The number of nitro groups is 1. The van der Waals surface area contributed by atoms with Crippen LogP contribution >= 0.6 is 0 Å². The monoisotopic (exact) mass is 406 g/mol. The number of esters is 2. The van der Waals surface area contributed by atoms with Crippen molar-refractivity contribution in [3.05, 3.63) is 33.6 Å². The average molecular weight is 406 g/mol. The quantitative estimate of drug-likeness (QED) is 0.369. The molecule has 0 aliphatic heterocycles. The van der Waals surface area contributed by atoms with Crippen molar-refractivity contribution in [2.75, 3.05) is 27.4 Å². The molecule has 0 saturated carbocycles. The Kier molecular flexibility index (Phi) is 6.92. The van der Waals surface area contributed by atoms with Crippen molar-refractivity contribution in [1.29, 1.82) is 0 Å². The second-order valence-electron chi connectivity index (χ2n) is 5.90. The third kappa shape index (κ3) is 4.20. The molecule has 10 nitrogen and oxygen atoms in total. The van der Waals surface area contributed by atoms with E-state index in [-0.39, 0.29) is 46.9 Å². The third-order valence-electron chi connectivity index (χ3n) is 4.18. The van der Waals surface area contributed by atoms with Crippen LogP contribution in [0.2, 0.25) is 0 Å². The molecule has 2 rings (SSSR count). The summed E-state index contributed by atoms with van der Waals surface area (Å²) in [5, 5.41) is 12.2. The van der Waals surface area contributed by atoms with Gasteiger partial charge in [-0.25, -0.2) is 9.78 Å². The van der Waals surface area contributed by atoms with E-state index < -0.39 is 28.5 Å². The average Bonchev–Trinajstić information content (AvgIpc) is 2.70. The van der Waals surface area contributed by atoms with Gasteiger partial charge in [0.15, 0.2) is 5.75 Å². The van der Waals surface area contributed by atoms with E-state index in [0.29, 0.717) is 0 Å². The van der Waals surface area contributed by atoms with Gasteiger partial charge >= 0.3 is 17.6 Å². The molecule has 156 valence electrons. The smallest absolute Gasteiger partial charge is 0.356 e. The largest absolute Gasteiger partial charge is 0.493 e. The lowest BCUT2D eigenvalue weighted by atomic mass is 9.97. The minimum Gasteiger partial charge on any atom is -0.493 e. The topological polar surface area (TPSA) is 127 Å². The van der Waals surface area contributed by atoms with Gasteiger partial charge in [-0.2, -0.15) is 0 Å². The molecule has 1 unspecified atom stereocenters. The second kappa shape index (κ2) is 9.18. The predicted molar refractivity (Wildman–Crippen MR) is 103 cm³/mol. The summed E-state index contributed by atoms with van der Waals surface area (Å²) in [5.74, 6) is -2.35. The molecule has 0 bridgehead atoms. The number of aromatic nitrogens is 1. The highest BCUT2D eigenvalue weighted by Gasteiger charge is 2.32. The predicted octanol–water partition coefficient (Wildman–Crippen LogP) is 3.00. The molecule has 0 amide bonds. The molecule has 2 aromatic rings. The molecule has 1 aromatic carbocycles. The molecule has 0 fully saturated rings. The number of nitro benzene ring substituents is 1. The molecule has 1 atom stereocenters. The summed E-state index contributed by atoms with van der Waals surface area (Å²) in [7, 11) is 2.61. The van der Waals surface area contributed by atoms with Crippen LogP contribution in [0.1, 0.15) is 42.9 Å². The summed E-state index contributed by atoms with van der Waals surface area (Å²) in [6, 6.07) is 2.83. The summed E-state index contributed by atoms with van der Waals surface area (Å²) in [4.78, 5) is 40.1. The minimum atomic E-state index is -0.983. The SMILES string of the molecule is CCOC(=O)c1cc2cc(OC)c(OC)c([N+](=O)[O-])c2c(C(C)C(=O)OCC)n1. The van der Waals surface area contributed by atoms with E-state index in [4.69, 9.17) is 18.9 Å². The van der Waals surface area contributed by atoms with Crippen LogP contribution in [0.15, 0.2) is 12.1 Å². The number of ether oxygens (including phenoxy) is 4. The summed E-state index contributed by atoms with van der Waals surface area (Å²) in [6.45, 7) is 5.02. The normalized spacial score (nSPS) is 11.6. The second-order valence-corrected chi connectivity index (χ2v) is 5.90. The Bertz CT molecular complexity index is 957. The van der Waals surface area contributed by atoms with Crippen molar-refractivity contribution in [3.8, 4) is 11.5 Å². The molecule has 0 spiro atoms. The number of benzene rings is 1. The van der Waals surface area contributed by atoms with Crippen LogP contribution in [0, 0.1) is 10.1 Å². The lowest BCUT2D eigenvalue weighted by Crippen LogP contribution is -2.17. The van der Waals surface area contributed by atoms with Crippen molar-refractivity contribution in [3.63, 3.8) is 0 Å². The number of carbonyl (C=O) groups excluding carboxylic acids is 2. The zero-order valence-electron chi connectivity index (χ0n) is 16.8. The van der Waals surface area contributed by atoms with Crippen LogP contribution in [0.25, 0.3) is 10.8 Å². The maximum Gasteiger partial charge on any atom is 0.356 e. The van der Waals surface area contributed by atoms with Gasteiger partial charge in [-0.1, -0.05) is 0 Å². The number of rotatable bonds is 8. The Labute approximate surface area is 166 Å². The highest BCUT2D eigenvalue weighted by atomic mass is 16.6. The maximum atomic E-state index is 12.3. The van der Waals surface area contributed by atoms with Gasteiger partial charge in [0.1, 0.15) is 5.69 Å². The number of hydrogen-bond donors (Lipinski definition) is 0. The van der Waals surface area contributed by atoms with Gasteiger partial charge in [-0.05, 0) is 38.3 Å². The first-order chi connectivity index (χ1) is 13.8. The lowest BCUT2D eigenvalue weighted by molar-refractivity contribution is -0.384. The number of methoxy groups -OCH3 is 2. The van der Waals surface area contributed by atoms with Crippen LogP contribution < -0.4 is 9.47 Å². The van der Waals surface area contributed by atoms with Crippen molar-refractivity contribution in [1.82, 2.24) is 4.98 Å². The molecule has 0 saturated heterocycles. The van der Waals surface area contributed by atoms with E-state index in [1.165, 1.54) is 33.3 Å². The number of pyridine rings is 1. The third-order valence-corrected chi connectivity index (χ3v) is 4.18. The number of fused-ring (bicyclic) bond motifs is 1. The fraction of sp³-hybridized carbons (Fsp3) is 0.421. The van der Waals surface area contributed by atoms with Crippen molar-refractivity contribution in [2.24, 2.45) is 0 Å². The van der Waals surface area contributed by atoms with Crippen molar-refractivity contribution >= 4 is 28.4 Å². The minimum absolute atomic E-state index is 0.0108. The Morgan fingerprint density at radius 3 is 2.31 bits per heavy atom. The maximum absolute atomic E-state index is 12.3. The molecule has 10 heteroatoms. The summed E-state index contributed by atoms with van der Waals surface area (Å²) >= 11 is 0. The molecule has 0 aliphatic carbocycles. The summed E-state index contributed by atoms with van der Waals surface area (Å²) < 4.78 is 20.4. The standard InChI is InChI=1S/C19H22N2O8/c1-6-28-18(22)10(3)15-14-11(8-12(20-15)19(23)29-7-2)9-13(26-4)17(27-5)16(14)21(24)25/h8-10H,6-7H2,1-5H3. The van der Waals surface area contributed by atoms with E-state index in [2.05, 4.69) is 4.98 Å². The zero-order chi connectivity index (χ0) is 21.7. The van der Waals surface area contributed by atoms with Crippen molar-refractivity contribution in [2.45, 2.75) is 26.7 Å². The van der Waals surface area contributed by atoms with E-state index >= 15 is 0 Å². The van der Waals surface area contributed by atoms with E-state index in [1.807, 2.05) is 0 Å². The van der Waals surface area contributed by atoms with Gasteiger partial charge in [0.05, 0.1) is 49.4 Å². The van der Waals surface area contributed by atoms with Crippen LogP contribution in [0.3, 0.4) is 0 Å². The first kappa shape index (κ1) is 21.9. The van der Waals surface area contributed by atoms with E-state index in [0.717, 1.165) is 0 Å². The highest BCUT2D eigenvalue weighted by molar-refractivity contribution is 6.02. The van der Waals surface area contributed by atoms with Gasteiger partial charge in [0.25, 0.3) is 0 Å². The first-order valence-corrected chi connectivity index (χ1v) is 8.88. The molecule has 1 aromatic heterocycles. The molecular formula is C19H22N2O8. The molecular weight excluding hydrogens is 384 g/mol. The lowest BCUT2D eigenvalue weighted by Gasteiger charge is -2.17. The van der Waals surface area contributed by atoms with Gasteiger partial charge in [0.2, 0.25) is 5.75 Å². The van der Waals surface area contributed by atoms with Crippen LogP contribution in [-0.4, -0.2) is 49.3 Å². The molecule has 0 N–H and O–H groups in total. The molecule has 0 radical (unpaired) electrons. The van der Waals surface area contributed by atoms with Crippen LogP contribution in [-0.2, 0) is 14.3 Å². The fourth-order valence-corrected chi connectivity index (χ4v) is 2.92. The van der Waals surface area contributed by atoms with Gasteiger partial charge in [-0.15, -0.1) is 0 Å². The first-order valence-electron chi connectivity index (χ1n) is 8.88. The summed E-state index contributed by atoms with van der Waals surface area (Å²) in [6.07, 6.45) is 0. The van der Waals surface area contributed by atoms with Crippen molar-refractivity contribution < 1.29 is 33.5 Å². The highest BCUT2D eigenvalue weighted by Crippen LogP contribution is 2.45. The van der Waals surface area contributed by atoms with E-state index in [9.17, 15) is 19.7 Å². The molecule has 1 heterocycles. The Morgan fingerprint density at radius 1 is 1.14 bits per heavy atom. The number of hydrogen-bond acceptors (Lipinski definition) is 9. The Morgan fingerprint density at radius 2 is 1.79 bits per heavy atom. The van der Waals surface area contributed by atoms with Crippen LogP contribution in [0.4, 0.5) is 5.69 Å². The molecule has 0 aliphatic rings. The Hall–Kier alpha value is -3.43. The van der Waals surface area contributed by atoms with E-state index in [1.54, 1.807) is 13.8 Å². The van der Waals surface area contributed by atoms with Gasteiger partial charge in [-0.3, -0.25) is 14.9 Å². The van der Waals surface area contributed by atoms with Gasteiger partial charge in [0, 0.05) is 0 Å².